The van der Waals surface area contributed by atoms with Crippen LogP contribution >= 0.6 is 0 Å². The number of fused-ring (bicyclic) bond motifs is 2. The van der Waals surface area contributed by atoms with Crippen LogP contribution < -0.4 is 0 Å². The average molecular weight is 168 g/mol. The highest BCUT2D eigenvalue weighted by Crippen LogP contribution is 2.52. The van der Waals surface area contributed by atoms with E-state index in [0.717, 1.165) is 19.3 Å². The molecular weight excluding hydrogens is 152 g/mol. The maximum Gasteiger partial charge on any atom is 0.309 e. The van der Waals surface area contributed by atoms with Crippen LogP contribution in [0.2, 0.25) is 0 Å². The van der Waals surface area contributed by atoms with Crippen molar-refractivity contribution in [2.45, 2.75) is 45.6 Å². The molecular formula is C10H16O2. The standard InChI is InChI=1S/C10H16O2/c1-9(2)5-4-7-6-10(9,3)12-8(7)11/h7H,4-6H2,1-3H3/t7-,10?/m1/s1. The second-order valence-corrected chi connectivity index (χ2v) is 4.98. The Kier molecular flexibility index (Phi) is 1.37. The van der Waals surface area contributed by atoms with Gasteiger partial charge in [-0.2, -0.15) is 0 Å². The quantitative estimate of drug-likeness (QED) is 0.518. The summed E-state index contributed by atoms with van der Waals surface area (Å²) in [5.41, 5.74) is -0.0251. The largest absolute Gasteiger partial charge is 0.459 e. The molecule has 0 amide bonds. The Morgan fingerprint density at radius 1 is 1.42 bits per heavy atom. The Morgan fingerprint density at radius 2 is 2.08 bits per heavy atom. The molecule has 2 heteroatoms. The number of carbonyl (C=O) groups excluding carboxylic acids is 1. The Hall–Kier alpha value is -0.530. The normalized spacial score (nSPS) is 44.2. The van der Waals surface area contributed by atoms with Crippen LogP contribution in [0.3, 0.4) is 0 Å². The van der Waals surface area contributed by atoms with Gasteiger partial charge in [0.25, 0.3) is 0 Å². The average Bonchev–Trinajstić information content (AvgIpc) is 2.19. The summed E-state index contributed by atoms with van der Waals surface area (Å²) in [4.78, 5) is 11.3. The van der Waals surface area contributed by atoms with Crippen molar-refractivity contribution in [3.8, 4) is 0 Å². The van der Waals surface area contributed by atoms with Gasteiger partial charge in [0, 0.05) is 11.8 Å². The lowest BCUT2D eigenvalue weighted by Crippen LogP contribution is -2.43. The zero-order valence-electron chi connectivity index (χ0n) is 8.02. The molecule has 12 heavy (non-hydrogen) atoms. The van der Waals surface area contributed by atoms with E-state index in [1.807, 2.05) is 0 Å². The van der Waals surface area contributed by atoms with Gasteiger partial charge in [-0.15, -0.1) is 0 Å². The first-order valence-corrected chi connectivity index (χ1v) is 4.67. The van der Waals surface area contributed by atoms with Crippen molar-refractivity contribution in [3.05, 3.63) is 0 Å². The molecule has 1 saturated carbocycles. The molecule has 2 bridgehead atoms. The fourth-order valence-electron chi connectivity index (χ4n) is 2.33. The number of rotatable bonds is 0. The van der Waals surface area contributed by atoms with Crippen LogP contribution in [0.15, 0.2) is 0 Å². The molecule has 2 atom stereocenters. The van der Waals surface area contributed by atoms with Crippen molar-refractivity contribution in [1.82, 2.24) is 0 Å². The Balaban J connectivity index is 2.34. The SMILES string of the molecule is CC1(C)CC[C@@H]2CC1(C)OC2=O. The number of ether oxygens (including phenoxy) is 1. The zero-order valence-corrected chi connectivity index (χ0v) is 8.02. The van der Waals surface area contributed by atoms with Gasteiger partial charge in [-0.25, -0.2) is 0 Å². The smallest absolute Gasteiger partial charge is 0.309 e. The van der Waals surface area contributed by atoms with Crippen LogP contribution in [0.4, 0.5) is 0 Å². The highest BCUT2D eigenvalue weighted by atomic mass is 16.6. The molecule has 1 saturated heterocycles. The van der Waals surface area contributed by atoms with Gasteiger partial charge in [-0.3, -0.25) is 4.79 Å². The summed E-state index contributed by atoms with van der Waals surface area (Å²) in [5, 5.41) is 0. The minimum absolute atomic E-state index is 0.0306. The molecule has 1 unspecified atom stereocenters. The van der Waals surface area contributed by atoms with Crippen LogP contribution in [0.1, 0.15) is 40.0 Å². The number of esters is 1. The van der Waals surface area contributed by atoms with Crippen molar-refractivity contribution in [2.75, 3.05) is 0 Å². The molecule has 0 aromatic heterocycles. The van der Waals surface area contributed by atoms with E-state index in [0.29, 0.717) is 0 Å². The van der Waals surface area contributed by atoms with Gasteiger partial charge in [0.05, 0.1) is 5.92 Å². The summed E-state index contributed by atoms with van der Waals surface area (Å²) in [6.45, 7) is 6.47. The summed E-state index contributed by atoms with van der Waals surface area (Å²) in [6, 6.07) is 0. The van der Waals surface area contributed by atoms with E-state index in [2.05, 4.69) is 20.8 Å². The van der Waals surface area contributed by atoms with Crippen LogP contribution in [0.25, 0.3) is 0 Å². The lowest BCUT2D eigenvalue weighted by atomic mass is 9.65. The fourth-order valence-corrected chi connectivity index (χ4v) is 2.33. The Morgan fingerprint density at radius 3 is 2.67 bits per heavy atom. The summed E-state index contributed by atoms with van der Waals surface area (Å²) in [6.07, 6.45) is 3.06. The van der Waals surface area contributed by atoms with Gasteiger partial charge in [0.1, 0.15) is 5.60 Å². The van der Waals surface area contributed by atoms with E-state index >= 15 is 0 Å². The molecule has 2 rings (SSSR count). The molecule has 2 aliphatic rings. The summed E-state index contributed by atoms with van der Waals surface area (Å²) < 4.78 is 5.45. The third-order valence-electron chi connectivity index (χ3n) is 3.84. The van der Waals surface area contributed by atoms with Gasteiger partial charge < -0.3 is 4.74 Å². The first-order chi connectivity index (χ1) is 5.45. The lowest BCUT2D eigenvalue weighted by Gasteiger charge is -2.42. The second-order valence-electron chi connectivity index (χ2n) is 4.98. The van der Waals surface area contributed by atoms with Crippen molar-refractivity contribution in [3.63, 3.8) is 0 Å². The third-order valence-corrected chi connectivity index (χ3v) is 3.84. The van der Waals surface area contributed by atoms with Crippen LogP contribution in [0.5, 0.6) is 0 Å². The fraction of sp³-hybridized carbons (Fsp3) is 0.900. The predicted molar refractivity (Wildman–Crippen MR) is 45.6 cm³/mol. The molecule has 1 aliphatic heterocycles. The predicted octanol–water partition coefficient (Wildman–Crippen LogP) is 2.13. The molecule has 1 heterocycles. The molecule has 0 N–H and O–H groups in total. The highest BCUT2D eigenvalue weighted by molar-refractivity contribution is 5.76. The van der Waals surface area contributed by atoms with E-state index in [9.17, 15) is 4.79 Å². The van der Waals surface area contributed by atoms with Crippen LogP contribution in [-0.2, 0) is 9.53 Å². The zero-order chi connectivity index (χ0) is 8.98. The Labute approximate surface area is 73.3 Å². The van der Waals surface area contributed by atoms with Gasteiger partial charge in [0.15, 0.2) is 0 Å². The second kappa shape index (κ2) is 2.04. The van der Waals surface area contributed by atoms with Crippen molar-refractivity contribution in [1.29, 1.82) is 0 Å². The van der Waals surface area contributed by atoms with Gasteiger partial charge in [0.2, 0.25) is 0 Å². The number of hydrogen-bond donors (Lipinski definition) is 0. The van der Waals surface area contributed by atoms with E-state index in [-0.39, 0.29) is 22.9 Å². The highest BCUT2D eigenvalue weighted by Gasteiger charge is 2.55. The molecule has 0 aromatic rings. The number of carbonyl (C=O) groups is 1. The molecule has 0 aromatic carbocycles. The maximum absolute atomic E-state index is 11.3. The molecule has 2 nitrogen and oxygen atoms in total. The van der Waals surface area contributed by atoms with Crippen molar-refractivity contribution >= 4 is 5.97 Å². The van der Waals surface area contributed by atoms with Gasteiger partial charge in [-0.05, 0) is 19.8 Å². The van der Waals surface area contributed by atoms with E-state index < -0.39 is 0 Å². The summed E-state index contributed by atoms with van der Waals surface area (Å²) >= 11 is 0. The van der Waals surface area contributed by atoms with Crippen LogP contribution in [-0.4, -0.2) is 11.6 Å². The summed E-state index contributed by atoms with van der Waals surface area (Å²) in [7, 11) is 0. The van der Waals surface area contributed by atoms with E-state index in [1.54, 1.807) is 0 Å². The topological polar surface area (TPSA) is 26.3 Å². The first kappa shape index (κ1) is 8.09. The molecule has 2 fully saturated rings. The van der Waals surface area contributed by atoms with Crippen molar-refractivity contribution in [2.24, 2.45) is 11.3 Å². The van der Waals surface area contributed by atoms with Gasteiger partial charge in [-0.1, -0.05) is 13.8 Å². The lowest BCUT2D eigenvalue weighted by molar-refractivity contribution is -0.155. The van der Waals surface area contributed by atoms with E-state index in [4.69, 9.17) is 4.74 Å². The maximum atomic E-state index is 11.3. The van der Waals surface area contributed by atoms with Crippen molar-refractivity contribution < 1.29 is 9.53 Å². The molecule has 1 aliphatic carbocycles. The Bertz CT molecular complexity index is 232. The van der Waals surface area contributed by atoms with Gasteiger partial charge >= 0.3 is 5.97 Å². The molecule has 0 spiro atoms. The first-order valence-electron chi connectivity index (χ1n) is 4.67. The summed E-state index contributed by atoms with van der Waals surface area (Å²) in [5.74, 6) is 0.228. The van der Waals surface area contributed by atoms with Crippen LogP contribution in [0, 0.1) is 11.3 Å². The monoisotopic (exact) mass is 168 g/mol. The minimum Gasteiger partial charge on any atom is -0.459 e. The minimum atomic E-state index is -0.188. The molecule has 68 valence electrons. The third kappa shape index (κ3) is 0.838. The number of hydrogen-bond acceptors (Lipinski definition) is 2. The molecule has 0 radical (unpaired) electrons. The van der Waals surface area contributed by atoms with E-state index in [1.165, 1.54) is 0 Å².